The van der Waals surface area contributed by atoms with E-state index in [4.69, 9.17) is 9.47 Å². The maximum atomic E-state index is 14.4. The van der Waals surface area contributed by atoms with Crippen molar-refractivity contribution in [3.05, 3.63) is 77.2 Å². The van der Waals surface area contributed by atoms with Crippen molar-refractivity contribution in [2.45, 2.75) is 31.7 Å². The Balaban J connectivity index is 1.26. The highest BCUT2D eigenvalue weighted by molar-refractivity contribution is 5.95. The summed E-state index contributed by atoms with van der Waals surface area (Å²) in [6.07, 6.45) is 3.05. The quantitative estimate of drug-likeness (QED) is 0.477. The van der Waals surface area contributed by atoms with E-state index in [1.165, 1.54) is 26.4 Å². The van der Waals surface area contributed by atoms with Gasteiger partial charge in [-0.25, -0.2) is 18.2 Å². The van der Waals surface area contributed by atoms with E-state index in [1.807, 2.05) is 0 Å². The predicted octanol–water partition coefficient (Wildman–Crippen LogP) is 5.00. The number of carbonyl (C=O) groups is 2. The fourth-order valence-electron chi connectivity index (χ4n) is 5.49. The third kappa shape index (κ3) is 5.03. The van der Waals surface area contributed by atoms with Crippen molar-refractivity contribution in [2.24, 2.45) is 5.41 Å². The van der Waals surface area contributed by atoms with Crippen molar-refractivity contribution in [1.29, 1.82) is 0 Å². The summed E-state index contributed by atoms with van der Waals surface area (Å²) in [6, 6.07) is 10.3. The van der Waals surface area contributed by atoms with E-state index in [9.17, 15) is 22.8 Å². The molecule has 2 aliphatic rings. The van der Waals surface area contributed by atoms with Crippen LogP contribution in [-0.2, 0) is 0 Å². The lowest BCUT2D eigenvalue weighted by Gasteiger charge is -2.54. The molecule has 1 aliphatic carbocycles. The number of nitrogens with one attached hydrogen (secondary N) is 1. The molecule has 3 aromatic rings. The van der Waals surface area contributed by atoms with Gasteiger partial charge in [0.15, 0.2) is 0 Å². The van der Waals surface area contributed by atoms with Crippen LogP contribution >= 0.6 is 0 Å². The molecule has 1 spiro atoms. The highest BCUT2D eigenvalue weighted by Gasteiger charge is 2.49. The minimum absolute atomic E-state index is 0.120. The number of aromatic nitrogens is 1. The standard InChI is InChI=1S/C29H28F3N3O4/c1-38-18-14-17(15-19(16-18)39-2)28(37)35-12-10-29(11-13-35)9-8-24(29)34-27(36)23-7-6-22(32)26(33-23)25-20(30)4-3-5-21(25)31/h3-7,14-16,24H,8-13H2,1-2H3,(H,34,36). The summed E-state index contributed by atoms with van der Waals surface area (Å²) in [6.45, 7) is 1.05. The van der Waals surface area contributed by atoms with Crippen molar-refractivity contribution in [1.82, 2.24) is 15.2 Å². The minimum Gasteiger partial charge on any atom is -0.497 e. The van der Waals surface area contributed by atoms with Crippen LogP contribution in [0.25, 0.3) is 11.3 Å². The highest BCUT2D eigenvalue weighted by atomic mass is 19.1. The van der Waals surface area contributed by atoms with Crippen LogP contribution in [0.15, 0.2) is 48.5 Å². The Kier molecular flexibility index (Phi) is 7.20. The lowest BCUT2D eigenvalue weighted by atomic mass is 9.59. The number of nitrogens with zero attached hydrogens (tertiary/aromatic N) is 2. The normalized spacial score (nSPS) is 17.9. The number of likely N-dealkylation sites (tertiary alicyclic amines) is 1. The molecule has 7 nitrogen and oxygen atoms in total. The molecule has 1 aromatic heterocycles. The molecule has 1 aliphatic heterocycles. The minimum atomic E-state index is -0.967. The van der Waals surface area contributed by atoms with E-state index in [2.05, 4.69) is 10.3 Å². The van der Waals surface area contributed by atoms with Crippen molar-refractivity contribution >= 4 is 11.8 Å². The second kappa shape index (κ2) is 10.6. The predicted molar refractivity (Wildman–Crippen MR) is 137 cm³/mol. The molecular weight excluding hydrogens is 511 g/mol. The van der Waals surface area contributed by atoms with Gasteiger partial charge < -0.3 is 19.7 Å². The number of carbonyl (C=O) groups excluding carboxylic acids is 2. The average Bonchev–Trinajstić information content (AvgIpc) is 2.95. The Labute approximate surface area is 223 Å². The molecule has 2 heterocycles. The van der Waals surface area contributed by atoms with Gasteiger partial charge in [0.2, 0.25) is 0 Å². The van der Waals surface area contributed by atoms with Gasteiger partial charge in [0, 0.05) is 30.8 Å². The summed E-state index contributed by atoms with van der Waals surface area (Å²) >= 11 is 0. The number of hydrogen-bond donors (Lipinski definition) is 1. The van der Waals surface area contributed by atoms with Gasteiger partial charge >= 0.3 is 0 Å². The van der Waals surface area contributed by atoms with Gasteiger partial charge in [0.05, 0.1) is 19.8 Å². The molecule has 2 aromatic carbocycles. The Morgan fingerprint density at radius 2 is 1.56 bits per heavy atom. The third-order valence-corrected chi connectivity index (χ3v) is 7.90. The second-order valence-electron chi connectivity index (χ2n) is 9.94. The number of methoxy groups -OCH3 is 2. The van der Waals surface area contributed by atoms with Gasteiger partial charge in [0.1, 0.15) is 40.3 Å². The van der Waals surface area contributed by atoms with Crippen LogP contribution in [0.5, 0.6) is 11.5 Å². The highest BCUT2D eigenvalue weighted by Crippen LogP contribution is 2.49. The van der Waals surface area contributed by atoms with Crippen molar-refractivity contribution < 1.29 is 32.2 Å². The first kappa shape index (κ1) is 26.5. The number of benzene rings is 2. The first-order valence-corrected chi connectivity index (χ1v) is 12.7. The molecule has 1 saturated heterocycles. The van der Waals surface area contributed by atoms with Crippen LogP contribution in [0.2, 0.25) is 0 Å². The number of piperidine rings is 1. The fourth-order valence-corrected chi connectivity index (χ4v) is 5.49. The number of hydrogen-bond acceptors (Lipinski definition) is 5. The van der Waals surface area contributed by atoms with Crippen LogP contribution in [-0.4, -0.2) is 55.0 Å². The topological polar surface area (TPSA) is 80.8 Å². The maximum absolute atomic E-state index is 14.4. The fraction of sp³-hybridized carbons (Fsp3) is 0.345. The molecule has 39 heavy (non-hydrogen) atoms. The third-order valence-electron chi connectivity index (χ3n) is 7.90. The van der Waals surface area contributed by atoms with Crippen LogP contribution in [0.3, 0.4) is 0 Å². The molecule has 2 fully saturated rings. The Morgan fingerprint density at radius 3 is 2.13 bits per heavy atom. The van der Waals surface area contributed by atoms with E-state index >= 15 is 0 Å². The molecule has 0 bridgehead atoms. The molecule has 1 saturated carbocycles. The summed E-state index contributed by atoms with van der Waals surface area (Å²) in [5, 5.41) is 2.98. The van der Waals surface area contributed by atoms with E-state index in [0.717, 1.165) is 31.0 Å². The van der Waals surface area contributed by atoms with Gasteiger partial charge in [-0.2, -0.15) is 0 Å². The van der Waals surface area contributed by atoms with Gasteiger partial charge in [-0.3, -0.25) is 9.59 Å². The SMILES string of the molecule is COc1cc(OC)cc(C(=O)N2CCC3(CCC3NC(=O)c3ccc(F)c(-c4c(F)cccc4F)n3)CC2)c1. The van der Waals surface area contributed by atoms with Gasteiger partial charge in [-0.15, -0.1) is 0 Å². The largest absolute Gasteiger partial charge is 0.497 e. The molecule has 0 radical (unpaired) electrons. The summed E-state index contributed by atoms with van der Waals surface area (Å²) < 4.78 is 53.5. The summed E-state index contributed by atoms with van der Waals surface area (Å²) in [7, 11) is 3.05. The van der Waals surface area contributed by atoms with Gasteiger partial charge in [0.25, 0.3) is 11.8 Å². The average molecular weight is 540 g/mol. The van der Waals surface area contributed by atoms with Crippen LogP contribution in [0.1, 0.15) is 46.5 Å². The number of ether oxygens (including phenoxy) is 2. The van der Waals surface area contributed by atoms with E-state index in [0.29, 0.717) is 43.0 Å². The lowest BCUT2D eigenvalue weighted by molar-refractivity contribution is -0.00240. The summed E-state index contributed by atoms with van der Waals surface area (Å²) in [5.41, 5.74) is -0.988. The van der Waals surface area contributed by atoms with E-state index in [-0.39, 0.29) is 23.1 Å². The molecule has 204 valence electrons. The van der Waals surface area contributed by atoms with Crippen LogP contribution in [0, 0.1) is 22.9 Å². The van der Waals surface area contributed by atoms with Crippen LogP contribution < -0.4 is 14.8 Å². The molecule has 10 heteroatoms. The first-order chi connectivity index (χ1) is 18.7. The van der Waals surface area contributed by atoms with E-state index < -0.39 is 34.6 Å². The maximum Gasteiger partial charge on any atom is 0.270 e. The van der Waals surface area contributed by atoms with Gasteiger partial charge in [-0.05, 0) is 67.5 Å². The van der Waals surface area contributed by atoms with E-state index in [1.54, 1.807) is 23.1 Å². The summed E-state index contributed by atoms with van der Waals surface area (Å²) in [4.78, 5) is 32.0. The number of amides is 2. The zero-order valence-electron chi connectivity index (χ0n) is 21.6. The summed E-state index contributed by atoms with van der Waals surface area (Å²) in [5.74, 6) is -2.46. The molecule has 1 N–H and O–H groups in total. The monoisotopic (exact) mass is 539 g/mol. The van der Waals surface area contributed by atoms with Crippen molar-refractivity contribution in [2.75, 3.05) is 27.3 Å². The van der Waals surface area contributed by atoms with Crippen LogP contribution in [0.4, 0.5) is 13.2 Å². The zero-order valence-corrected chi connectivity index (χ0v) is 21.6. The lowest BCUT2D eigenvalue weighted by Crippen LogP contribution is -2.59. The number of rotatable bonds is 6. The Morgan fingerprint density at radius 1 is 0.923 bits per heavy atom. The van der Waals surface area contributed by atoms with Crippen molar-refractivity contribution in [3.8, 4) is 22.8 Å². The van der Waals surface area contributed by atoms with Crippen molar-refractivity contribution in [3.63, 3.8) is 0 Å². The zero-order chi connectivity index (χ0) is 27.7. The second-order valence-corrected chi connectivity index (χ2v) is 9.94. The molecule has 2 amide bonds. The smallest absolute Gasteiger partial charge is 0.270 e. The molecular formula is C29H28F3N3O4. The Bertz CT molecular complexity index is 1380. The number of pyridine rings is 1. The first-order valence-electron chi connectivity index (χ1n) is 12.7. The Hall–Kier alpha value is -4.08. The number of halogens is 3. The molecule has 1 atom stereocenters. The molecule has 1 unspecified atom stereocenters. The van der Waals surface area contributed by atoms with Gasteiger partial charge in [-0.1, -0.05) is 6.07 Å². The molecule has 5 rings (SSSR count).